The molecule has 1 spiro atoms. The fourth-order valence-corrected chi connectivity index (χ4v) is 2.64. The highest BCUT2D eigenvalue weighted by atomic mass is 16.6. The molecule has 0 radical (unpaired) electrons. The number of hydrogen-bond acceptors (Lipinski definition) is 4. The molecule has 2 aliphatic heterocycles. The van der Waals surface area contributed by atoms with Crippen LogP contribution >= 0.6 is 0 Å². The Bertz CT molecular complexity index is 495. The number of nitrogens with one attached hydrogen (secondary N) is 1. The minimum absolute atomic E-state index is 0.192. The van der Waals surface area contributed by atoms with Gasteiger partial charge in [-0.25, -0.2) is 9.69 Å². The van der Waals surface area contributed by atoms with Gasteiger partial charge < -0.3 is 10.1 Å². The molecule has 2 heterocycles. The lowest BCUT2D eigenvalue weighted by atomic mass is 9.91. The van der Waals surface area contributed by atoms with E-state index in [0.717, 1.165) is 5.56 Å². The molecule has 1 aromatic rings. The number of ether oxygens (including phenoxy) is 1. The highest BCUT2D eigenvalue weighted by Crippen LogP contribution is 2.33. The van der Waals surface area contributed by atoms with Gasteiger partial charge in [-0.05, 0) is 18.7 Å². The molecular weight excluding hydrogens is 244 g/mol. The fourth-order valence-electron chi connectivity index (χ4n) is 2.64. The van der Waals surface area contributed by atoms with E-state index in [-0.39, 0.29) is 12.5 Å². The van der Waals surface area contributed by atoms with Gasteiger partial charge in [0.25, 0.3) is 5.91 Å². The lowest BCUT2D eigenvalue weighted by Gasteiger charge is -2.29. The second kappa shape index (κ2) is 4.66. The number of carbonyl (C=O) groups is 2. The summed E-state index contributed by atoms with van der Waals surface area (Å²) in [5.74, 6) is -0.192. The van der Waals surface area contributed by atoms with Crippen LogP contribution in [0.1, 0.15) is 18.4 Å². The number of benzene rings is 1. The van der Waals surface area contributed by atoms with Crippen LogP contribution in [0.25, 0.3) is 0 Å². The summed E-state index contributed by atoms with van der Waals surface area (Å²) in [5, 5.41) is 3.17. The van der Waals surface area contributed by atoms with Crippen LogP contribution in [0, 0.1) is 0 Å². The third kappa shape index (κ3) is 2.10. The number of imide groups is 1. The maximum absolute atomic E-state index is 12.4. The molecule has 0 aliphatic carbocycles. The standard InChI is InChI=1S/C14H16N2O3/c17-12-14(6-8-15-9-7-14)19-13(18)16(12)10-11-4-2-1-3-5-11/h1-5,15H,6-10H2. The van der Waals surface area contributed by atoms with Gasteiger partial charge in [0.2, 0.25) is 0 Å². The number of amides is 2. The van der Waals surface area contributed by atoms with Gasteiger partial charge in [-0.15, -0.1) is 0 Å². The Morgan fingerprint density at radius 3 is 2.53 bits per heavy atom. The highest BCUT2D eigenvalue weighted by Gasteiger charge is 2.53. The van der Waals surface area contributed by atoms with Gasteiger partial charge in [0.1, 0.15) is 0 Å². The second-order valence-electron chi connectivity index (χ2n) is 4.99. The summed E-state index contributed by atoms with van der Waals surface area (Å²) < 4.78 is 5.38. The zero-order chi connectivity index (χ0) is 13.3. The second-order valence-corrected chi connectivity index (χ2v) is 4.99. The van der Waals surface area contributed by atoms with Gasteiger partial charge in [0, 0.05) is 12.8 Å². The monoisotopic (exact) mass is 260 g/mol. The topological polar surface area (TPSA) is 58.6 Å². The molecule has 0 bridgehead atoms. The Kier molecular flexibility index (Phi) is 2.98. The number of piperidine rings is 1. The van der Waals surface area contributed by atoms with E-state index in [1.807, 2.05) is 30.3 Å². The first kappa shape index (κ1) is 12.2. The van der Waals surface area contributed by atoms with Gasteiger partial charge in [-0.2, -0.15) is 0 Å². The summed E-state index contributed by atoms with van der Waals surface area (Å²) in [6, 6.07) is 9.48. The minimum Gasteiger partial charge on any atom is -0.432 e. The normalized spacial score (nSPS) is 21.8. The van der Waals surface area contributed by atoms with E-state index >= 15 is 0 Å². The van der Waals surface area contributed by atoms with E-state index in [9.17, 15) is 9.59 Å². The summed E-state index contributed by atoms with van der Waals surface area (Å²) in [7, 11) is 0. The van der Waals surface area contributed by atoms with Crippen molar-refractivity contribution in [3.05, 3.63) is 35.9 Å². The quantitative estimate of drug-likeness (QED) is 0.870. The fraction of sp³-hybridized carbons (Fsp3) is 0.429. The SMILES string of the molecule is O=C1OC2(CCNCC2)C(=O)N1Cc1ccccc1. The third-order valence-corrected chi connectivity index (χ3v) is 3.73. The first-order valence-electron chi connectivity index (χ1n) is 6.51. The Morgan fingerprint density at radius 1 is 1.16 bits per heavy atom. The molecule has 5 nitrogen and oxygen atoms in total. The zero-order valence-electron chi connectivity index (χ0n) is 10.6. The van der Waals surface area contributed by atoms with Crippen LogP contribution in [0.4, 0.5) is 4.79 Å². The van der Waals surface area contributed by atoms with Crippen LogP contribution in [0.5, 0.6) is 0 Å². The molecule has 0 saturated carbocycles. The van der Waals surface area contributed by atoms with Gasteiger partial charge >= 0.3 is 6.09 Å². The van der Waals surface area contributed by atoms with Crippen molar-refractivity contribution in [2.24, 2.45) is 0 Å². The maximum Gasteiger partial charge on any atom is 0.418 e. The lowest BCUT2D eigenvalue weighted by molar-refractivity contribution is -0.139. The Labute approximate surface area is 111 Å². The molecule has 3 rings (SSSR count). The summed E-state index contributed by atoms with van der Waals surface area (Å²) in [5.41, 5.74) is 0.00990. The molecule has 2 fully saturated rings. The van der Waals surface area contributed by atoms with Crippen LogP contribution in [-0.4, -0.2) is 35.6 Å². The summed E-state index contributed by atoms with van der Waals surface area (Å²) in [6.45, 7) is 1.70. The van der Waals surface area contributed by atoms with Crippen molar-refractivity contribution < 1.29 is 14.3 Å². The summed E-state index contributed by atoms with van der Waals surface area (Å²) in [6.07, 6.45) is 0.599. The Balaban J connectivity index is 1.79. The van der Waals surface area contributed by atoms with E-state index in [1.165, 1.54) is 4.90 Å². The van der Waals surface area contributed by atoms with Crippen molar-refractivity contribution in [3.8, 4) is 0 Å². The predicted molar refractivity (Wildman–Crippen MR) is 68.3 cm³/mol. The third-order valence-electron chi connectivity index (χ3n) is 3.73. The highest BCUT2D eigenvalue weighted by molar-refractivity contribution is 6.02. The molecule has 1 aromatic carbocycles. The number of hydrogen-bond donors (Lipinski definition) is 1. The summed E-state index contributed by atoms with van der Waals surface area (Å²) in [4.78, 5) is 25.6. The lowest BCUT2D eigenvalue weighted by Crippen LogP contribution is -2.48. The van der Waals surface area contributed by atoms with Crippen LogP contribution in [-0.2, 0) is 16.1 Å². The van der Waals surface area contributed by atoms with Crippen molar-refractivity contribution in [1.82, 2.24) is 10.2 Å². The van der Waals surface area contributed by atoms with Gasteiger partial charge in [-0.1, -0.05) is 30.3 Å². The van der Waals surface area contributed by atoms with Crippen molar-refractivity contribution >= 4 is 12.0 Å². The molecule has 2 amide bonds. The molecule has 0 unspecified atom stereocenters. The maximum atomic E-state index is 12.4. The van der Waals surface area contributed by atoms with E-state index in [1.54, 1.807) is 0 Å². The van der Waals surface area contributed by atoms with Gasteiger partial charge in [0.15, 0.2) is 5.60 Å². The largest absolute Gasteiger partial charge is 0.432 e. The first-order chi connectivity index (χ1) is 9.21. The molecule has 2 saturated heterocycles. The minimum atomic E-state index is -0.920. The van der Waals surface area contributed by atoms with E-state index in [0.29, 0.717) is 25.9 Å². The van der Waals surface area contributed by atoms with Crippen LogP contribution in [0.3, 0.4) is 0 Å². The average molecular weight is 260 g/mol. The molecule has 0 aromatic heterocycles. The molecule has 1 N–H and O–H groups in total. The van der Waals surface area contributed by atoms with E-state index in [2.05, 4.69) is 5.32 Å². The summed E-state index contributed by atoms with van der Waals surface area (Å²) >= 11 is 0. The van der Waals surface area contributed by atoms with Crippen LogP contribution < -0.4 is 5.32 Å². The first-order valence-corrected chi connectivity index (χ1v) is 6.51. The van der Waals surface area contributed by atoms with Crippen LogP contribution in [0.2, 0.25) is 0 Å². The number of carbonyl (C=O) groups excluding carboxylic acids is 2. The van der Waals surface area contributed by atoms with Gasteiger partial charge in [-0.3, -0.25) is 4.79 Å². The predicted octanol–water partition coefficient (Wildman–Crippen LogP) is 1.29. The Morgan fingerprint density at radius 2 is 1.84 bits per heavy atom. The van der Waals surface area contributed by atoms with Crippen molar-refractivity contribution in [3.63, 3.8) is 0 Å². The van der Waals surface area contributed by atoms with E-state index in [4.69, 9.17) is 4.74 Å². The van der Waals surface area contributed by atoms with Gasteiger partial charge in [0.05, 0.1) is 6.54 Å². The smallest absolute Gasteiger partial charge is 0.418 e. The van der Waals surface area contributed by atoms with Crippen LogP contribution in [0.15, 0.2) is 30.3 Å². The number of nitrogens with zero attached hydrogens (tertiary/aromatic N) is 1. The molecule has 5 heteroatoms. The molecule has 0 atom stereocenters. The van der Waals surface area contributed by atoms with Crippen molar-refractivity contribution in [1.29, 1.82) is 0 Å². The van der Waals surface area contributed by atoms with Crippen molar-refractivity contribution in [2.75, 3.05) is 13.1 Å². The molecule has 2 aliphatic rings. The molecular formula is C14H16N2O3. The molecule has 19 heavy (non-hydrogen) atoms. The molecule has 100 valence electrons. The zero-order valence-corrected chi connectivity index (χ0v) is 10.6. The average Bonchev–Trinajstić information content (AvgIpc) is 2.66. The van der Waals surface area contributed by atoms with E-state index < -0.39 is 11.7 Å². The number of rotatable bonds is 2. The van der Waals surface area contributed by atoms with Crippen molar-refractivity contribution in [2.45, 2.75) is 25.0 Å². The Hall–Kier alpha value is -1.88.